The molecule has 0 bridgehead atoms. The maximum Gasteiger partial charge on any atom is 0.410 e. The molecule has 0 fully saturated rings. The first-order chi connectivity index (χ1) is 14.7. The molecule has 0 aromatic carbocycles. The van der Waals surface area contributed by atoms with E-state index in [9.17, 15) is 18.0 Å². The van der Waals surface area contributed by atoms with Crippen molar-refractivity contribution in [1.29, 1.82) is 0 Å². The minimum Gasteiger partial charge on any atom is -0.465 e. The Bertz CT molecular complexity index is 1340. The first-order valence-corrected chi connectivity index (χ1v) is 10.1. The zero-order chi connectivity index (χ0) is 22.1. The monoisotopic (exact) mass is 451 g/mol. The van der Waals surface area contributed by atoms with Crippen LogP contribution in [-0.2, 0) is 4.74 Å². The summed E-state index contributed by atoms with van der Waals surface area (Å²) in [5.41, 5.74) is 1.46. The van der Waals surface area contributed by atoms with E-state index in [4.69, 9.17) is 4.74 Å². The first-order valence-electron chi connectivity index (χ1n) is 9.33. The van der Waals surface area contributed by atoms with Crippen LogP contribution in [0.5, 0.6) is 0 Å². The topological polar surface area (TPSA) is 99.2 Å². The third-order valence-electron chi connectivity index (χ3n) is 5.31. The van der Waals surface area contributed by atoms with Crippen LogP contribution >= 0.6 is 11.3 Å². The van der Waals surface area contributed by atoms with Crippen molar-refractivity contribution in [1.82, 2.24) is 29.4 Å². The van der Waals surface area contributed by atoms with Gasteiger partial charge in [-0.3, -0.25) is 0 Å². The Morgan fingerprint density at radius 1 is 1.39 bits per heavy atom. The van der Waals surface area contributed by atoms with Gasteiger partial charge in [0.2, 0.25) is 0 Å². The summed E-state index contributed by atoms with van der Waals surface area (Å²) in [5, 5.41) is 12.1. The zero-order valence-corrected chi connectivity index (χ0v) is 17.4. The quantitative estimate of drug-likeness (QED) is 0.465. The maximum absolute atomic E-state index is 13.5. The second-order valence-electron chi connectivity index (χ2n) is 7.37. The normalized spacial score (nSPS) is 18.9. The van der Waals surface area contributed by atoms with Crippen molar-refractivity contribution in [2.24, 2.45) is 0 Å². The summed E-state index contributed by atoms with van der Waals surface area (Å²) in [7, 11) is 1.30. The van der Waals surface area contributed by atoms with Crippen molar-refractivity contribution >= 4 is 39.0 Å². The molecule has 5 rings (SSSR count). The van der Waals surface area contributed by atoms with Crippen LogP contribution in [-0.4, -0.2) is 54.7 Å². The second-order valence-corrected chi connectivity index (χ2v) is 8.37. The largest absolute Gasteiger partial charge is 0.465 e. The van der Waals surface area contributed by atoms with Crippen molar-refractivity contribution in [3.63, 3.8) is 0 Å². The molecular weight excluding hydrogens is 435 g/mol. The van der Waals surface area contributed by atoms with Gasteiger partial charge in [-0.15, -0.1) is 16.4 Å². The minimum atomic E-state index is -4.42. The summed E-state index contributed by atoms with van der Waals surface area (Å²) in [5.74, 6) is -0.0396. The molecular formula is C18H16F3N7O2S. The van der Waals surface area contributed by atoms with E-state index in [1.54, 1.807) is 13.8 Å². The number of rotatable bonds is 2. The molecule has 0 aliphatic carbocycles. The number of nitrogens with one attached hydrogen (secondary N) is 1. The summed E-state index contributed by atoms with van der Waals surface area (Å²) in [6, 6.07) is -2.12. The molecule has 0 amide bonds. The highest BCUT2D eigenvalue weighted by Crippen LogP contribution is 2.42. The van der Waals surface area contributed by atoms with Gasteiger partial charge < -0.3 is 10.1 Å². The standard InChI is InChI=1S/C18H16F3N7O2S/c1-7-4-10(18(19,20)21)28-14(24-7)9(5-23-28)13-25-15-11-8(2)12(17(29)30-3)31-16(11)22-6-27(15)26-13/h5-7,10,24H,4H2,1-3H3/t7-,10-/m0/s1. The van der Waals surface area contributed by atoms with Gasteiger partial charge in [0.05, 0.1) is 24.3 Å². The summed E-state index contributed by atoms with van der Waals surface area (Å²) in [6.07, 6.45) is -1.76. The lowest BCUT2D eigenvalue weighted by Crippen LogP contribution is -2.38. The van der Waals surface area contributed by atoms with E-state index in [0.717, 1.165) is 4.68 Å². The fourth-order valence-electron chi connectivity index (χ4n) is 3.84. The summed E-state index contributed by atoms with van der Waals surface area (Å²) < 4.78 is 47.8. The number of halogens is 3. The van der Waals surface area contributed by atoms with Gasteiger partial charge in [-0.1, -0.05) is 0 Å². The van der Waals surface area contributed by atoms with Crippen LogP contribution in [0.25, 0.3) is 27.3 Å². The third kappa shape index (κ3) is 2.94. The summed E-state index contributed by atoms with van der Waals surface area (Å²) in [4.78, 5) is 21.9. The fourth-order valence-corrected chi connectivity index (χ4v) is 4.90. The van der Waals surface area contributed by atoms with Gasteiger partial charge in [-0.2, -0.15) is 18.3 Å². The number of nitrogens with zero attached hydrogens (tertiary/aromatic N) is 6. The van der Waals surface area contributed by atoms with Gasteiger partial charge in [0, 0.05) is 6.04 Å². The Morgan fingerprint density at radius 2 is 2.16 bits per heavy atom. The van der Waals surface area contributed by atoms with Gasteiger partial charge in [-0.05, 0) is 25.8 Å². The average molecular weight is 451 g/mol. The molecule has 13 heteroatoms. The van der Waals surface area contributed by atoms with Crippen molar-refractivity contribution in [3.8, 4) is 11.4 Å². The van der Waals surface area contributed by atoms with Gasteiger partial charge in [-0.25, -0.2) is 24.0 Å². The molecule has 4 aromatic heterocycles. The molecule has 5 heterocycles. The van der Waals surface area contributed by atoms with E-state index in [0.29, 0.717) is 31.9 Å². The highest BCUT2D eigenvalue weighted by atomic mass is 32.1. The minimum absolute atomic E-state index is 0.120. The number of hydrogen-bond acceptors (Lipinski definition) is 8. The number of ether oxygens (including phenoxy) is 1. The van der Waals surface area contributed by atoms with E-state index >= 15 is 0 Å². The number of thiophene rings is 1. The van der Waals surface area contributed by atoms with Crippen LogP contribution in [0.15, 0.2) is 12.5 Å². The number of anilines is 1. The Hall–Kier alpha value is -3.22. The molecule has 0 saturated carbocycles. The number of esters is 1. The van der Waals surface area contributed by atoms with E-state index in [1.165, 1.54) is 35.5 Å². The van der Waals surface area contributed by atoms with Crippen LogP contribution in [0.4, 0.5) is 19.0 Å². The summed E-state index contributed by atoms with van der Waals surface area (Å²) >= 11 is 1.18. The van der Waals surface area contributed by atoms with Gasteiger partial charge in [0.15, 0.2) is 17.5 Å². The van der Waals surface area contributed by atoms with E-state index in [2.05, 4.69) is 25.5 Å². The highest BCUT2D eigenvalue weighted by Gasteiger charge is 2.46. The highest BCUT2D eigenvalue weighted by molar-refractivity contribution is 7.20. The fraction of sp³-hybridized carbons (Fsp3) is 0.389. The Labute approximate surface area is 176 Å². The maximum atomic E-state index is 13.5. The van der Waals surface area contributed by atoms with Crippen molar-refractivity contribution in [3.05, 3.63) is 23.0 Å². The predicted octanol–water partition coefficient (Wildman–Crippen LogP) is 3.61. The van der Waals surface area contributed by atoms with Gasteiger partial charge >= 0.3 is 12.1 Å². The number of carbonyl (C=O) groups excluding carboxylic acids is 1. The molecule has 9 nitrogen and oxygen atoms in total. The number of fused-ring (bicyclic) bond motifs is 4. The van der Waals surface area contributed by atoms with Crippen LogP contribution in [0.3, 0.4) is 0 Å². The van der Waals surface area contributed by atoms with Crippen molar-refractivity contribution in [2.75, 3.05) is 12.4 Å². The first kappa shape index (κ1) is 19.7. The molecule has 162 valence electrons. The molecule has 4 aromatic rings. The van der Waals surface area contributed by atoms with Crippen LogP contribution in [0.2, 0.25) is 0 Å². The van der Waals surface area contributed by atoms with Gasteiger partial charge in [0.1, 0.15) is 21.9 Å². The molecule has 31 heavy (non-hydrogen) atoms. The lowest BCUT2D eigenvalue weighted by Gasteiger charge is -2.31. The van der Waals surface area contributed by atoms with Crippen molar-refractivity contribution in [2.45, 2.75) is 38.5 Å². The molecule has 1 N–H and O–H groups in total. The Balaban J connectivity index is 1.68. The lowest BCUT2D eigenvalue weighted by atomic mass is 10.1. The Kier molecular flexibility index (Phi) is 4.22. The van der Waals surface area contributed by atoms with Crippen molar-refractivity contribution < 1.29 is 22.7 Å². The van der Waals surface area contributed by atoms with Crippen LogP contribution < -0.4 is 5.32 Å². The second kappa shape index (κ2) is 6.64. The number of aromatic nitrogens is 6. The van der Waals surface area contributed by atoms with E-state index in [-0.39, 0.29) is 18.1 Å². The SMILES string of the molecule is COC(=O)c1sc2ncn3nc(-c4cnn5c4N[C@@H](C)C[C@H]5C(F)(F)F)nc3c2c1C. The van der Waals surface area contributed by atoms with E-state index < -0.39 is 24.2 Å². The van der Waals surface area contributed by atoms with Gasteiger partial charge in [0.25, 0.3) is 0 Å². The molecule has 1 aliphatic rings. The number of alkyl halides is 3. The smallest absolute Gasteiger partial charge is 0.410 e. The number of carbonyl (C=O) groups is 1. The molecule has 1 aliphatic heterocycles. The molecule has 0 radical (unpaired) electrons. The van der Waals surface area contributed by atoms with Crippen LogP contribution in [0, 0.1) is 6.92 Å². The number of methoxy groups -OCH3 is 1. The Morgan fingerprint density at radius 3 is 2.87 bits per heavy atom. The molecule has 0 unspecified atom stereocenters. The zero-order valence-electron chi connectivity index (χ0n) is 16.6. The molecule has 2 atom stereocenters. The van der Waals surface area contributed by atoms with E-state index in [1.807, 2.05) is 0 Å². The molecule has 0 spiro atoms. The third-order valence-corrected chi connectivity index (χ3v) is 6.49. The number of aryl methyl sites for hydroxylation is 1. The summed E-state index contributed by atoms with van der Waals surface area (Å²) in [6.45, 7) is 3.45. The lowest BCUT2D eigenvalue weighted by molar-refractivity contribution is -0.173. The number of hydrogen-bond donors (Lipinski definition) is 1. The molecule has 0 saturated heterocycles. The predicted molar refractivity (Wildman–Crippen MR) is 106 cm³/mol. The average Bonchev–Trinajstić information content (AvgIpc) is 3.40. The van der Waals surface area contributed by atoms with Crippen LogP contribution in [0.1, 0.15) is 34.6 Å².